The van der Waals surface area contributed by atoms with Gasteiger partial charge in [-0.3, -0.25) is 4.79 Å². The quantitative estimate of drug-likeness (QED) is 0.772. The molecule has 1 unspecified atom stereocenters. The normalized spacial score (nSPS) is 19.8. The first-order valence-electron chi connectivity index (χ1n) is 5.36. The molecule has 1 atom stereocenters. The Morgan fingerprint density at radius 3 is 2.88 bits per heavy atom. The Hall–Kier alpha value is -0.550. The maximum absolute atomic E-state index is 11.9. The van der Waals surface area contributed by atoms with Gasteiger partial charge in [-0.25, -0.2) is 0 Å². The number of halogens is 2. The number of ether oxygens (including phenoxy) is 1. The summed E-state index contributed by atoms with van der Waals surface area (Å²) in [6, 6.07) is 5.70. The topological polar surface area (TPSA) is 29.5 Å². The molecule has 1 aromatic rings. The van der Waals surface area contributed by atoms with E-state index in [1.54, 1.807) is 7.11 Å². The number of amides is 1. The lowest BCUT2D eigenvalue weighted by Gasteiger charge is -2.19. The van der Waals surface area contributed by atoms with Crippen LogP contribution in [0.4, 0.5) is 5.69 Å². The fraction of sp³-hybridized carbons (Fsp3) is 0.417. The molecule has 0 radical (unpaired) electrons. The van der Waals surface area contributed by atoms with Crippen molar-refractivity contribution in [2.45, 2.75) is 6.42 Å². The van der Waals surface area contributed by atoms with E-state index in [2.05, 4.69) is 31.9 Å². The minimum absolute atomic E-state index is 0.170. The molecule has 1 fully saturated rings. The van der Waals surface area contributed by atoms with Gasteiger partial charge in [0.15, 0.2) is 0 Å². The predicted molar refractivity (Wildman–Crippen MR) is 74.9 cm³/mol. The maximum Gasteiger partial charge on any atom is 0.227 e. The molecule has 17 heavy (non-hydrogen) atoms. The average molecular weight is 363 g/mol. The summed E-state index contributed by atoms with van der Waals surface area (Å²) >= 11 is 6.93. The number of carbonyl (C=O) groups is 1. The van der Waals surface area contributed by atoms with E-state index >= 15 is 0 Å². The number of hydrogen-bond donors (Lipinski definition) is 0. The van der Waals surface area contributed by atoms with Crippen molar-refractivity contribution in [2.75, 3.05) is 23.9 Å². The number of hydrogen-bond acceptors (Lipinski definition) is 2. The molecule has 1 amide bonds. The fourth-order valence-corrected chi connectivity index (χ4v) is 3.06. The van der Waals surface area contributed by atoms with E-state index in [-0.39, 0.29) is 5.91 Å². The second kappa shape index (κ2) is 5.40. The van der Waals surface area contributed by atoms with Gasteiger partial charge in [0, 0.05) is 18.3 Å². The third-order valence-electron chi connectivity index (χ3n) is 2.88. The van der Waals surface area contributed by atoms with Crippen LogP contribution in [0.25, 0.3) is 0 Å². The summed E-state index contributed by atoms with van der Waals surface area (Å²) in [6.07, 6.45) is 0.606. The van der Waals surface area contributed by atoms with Gasteiger partial charge >= 0.3 is 0 Å². The molecular weight excluding hydrogens is 350 g/mol. The second-order valence-electron chi connectivity index (χ2n) is 4.02. The van der Waals surface area contributed by atoms with Crippen LogP contribution >= 0.6 is 31.9 Å². The first-order chi connectivity index (χ1) is 8.17. The van der Waals surface area contributed by atoms with E-state index in [0.717, 1.165) is 27.8 Å². The van der Waals surface area contributed by atoms with Crippen LogP contribution in [-0.2, 0) is 4.79 Å². The van der Waals surface area contributed by atoms with Crippen LogP contribution in [-0.4, -0.2) is 24.9 Å². The zero-order valence-electron chi connectivity index (χ0n) is 9.45. The van der Waals surface area contributed by atoms with Crippen LogP contribution < -0.4 is 9.64 Å². The van der Waals surface area contributed by atoms with E-state index in [9.17, 15) is 4.79 Å². The number of benzene rings is 1. The fourth-order valence-electron chi connectivity index (χ4n) is 1.98. The third-order valence-corrected chi connectivity index (χ3v) is 4.59. The number of methoxy groups -OCH3 is 1. The zero-order chi connectivity index (χ0) is 12.4. The van der Waals surface area contributed by atoms with E-state index in [1.165, 1.54) is 0 Å². The second-order valence-corrected chi connectivity index (χ2v) is 5.46. The van der Waals surface area contributed by atoms with Crippen LogP contribution in [0, 0.1) is 5.92 Å². The van der Waals surface area contributed by atoms with Gasteiger partial charge in [0.1, 0.15) is 5.75 Å². The van der Waals surface area contributed by atoms with E-state index < -0.39 is 0 Å². The molecule has 0 aliphatic carbocycles. The van der Waals surface area contributed by atoms with Crippen molar-refractivity contribution >= 4 is 43.5 Å². The monoisotopic (exact) mass is 361 g/mol. The highest BCUT2D eigenvalue weighted by Crippen LogP contribution is 2.37. The van der Waals surface area contributed by atoms with Crippen molar-refractivity contribution in [1.29, 1.82) is 0 Å². The van der Waals surface area contributed by atoms with Gasteiger partial charge in [0.25, 0.3) is 0 Å². The highest BCUT2D eigenvalue weighted by molar-refractivity contribution is 9.10. The number of nitrogens with zero attached hydrogens (tertiary/aromatic N) is 1. The van der Waals surface area contributed by atoms with Gasteiger partial charge in [0.05, 0.1) is 17.3 Å². The first-order valence-corrected chi connectivity index (χ1v) is 7.27. The van der Waals surface area contributed by atoms with Gasteiger partial charge in [-0.2, -0.15) is 0 Å². The molecule has 1 heterocycles. The Balaban J connectivity index is 2.32. The Morgan fingerprint density at radius 1 is 1.53 bits per heavy atom. The smallest absolute Gasteiger partial charge is 0.227 e. The van der Waals surface area contributed by atoms with Crippen LogP contribution in [0.15, 0.2) is 22.7 Å². The van der Waals surface area contributed by atoms with Crippen molar-refractivity contribution in [3.8, 4) is 5.75 Å². The molecule has 92 valence electrons. The standard InChI is InChI=1S/C12H13Br2NO2/c1-17-10-4-2-3-9(12(10)14)15-7-8(6-13)5-11(15)16/h2-4,8H,5-7H2,1H3. The van der Waals surface area contributed by atoms with Crippen molar-refractivity contribution in [2.24, 2.45) is 5.92 Å². The number of carbonyl (C=O) groups excluding carboxylic acids is 1. The van der Waals surface area contributed by atoms with Crippen molar-refractivity contribution in [1.82, 2.24) is 0 Å². The molecule has 1 aliphatic heterocycles. The van der Waals surface area contributed by atoms with Crippen LogP contribution in [0.5, 0.6) is 5.75 Å². The number of anilines is 1. The van der Waals surface area contributed by atoms with E-state index in [1.807, 2.05) is 23.1 Å². The Labute approximate surface area is 117 Å². The molecule has 0 aromatic heterocycles. The minimum atomic E-state index is 0.170. The lowest BCUT2D eigenvalue weighted by molar-refractivity contribution is -0.117. The number of rotatable bonds is 3. The lowest BCUT2D eigenvalue weighted by Crippen LogP contribution is -2.25. The van der Waals surface area contributed by atoms with Crippen LogP contribution in [0.2, 0.25) is 0 Å². The first kappa shape index (κ1) is 12.9. The summed E-state index contributed by atoms with van der Waals surface area (Å²) in [7, 11) is 1.62. The van der Waals surface area contributed by atoms with E-state index in [4.69, 9.17) is 4.74 Å². The van der Waals surface area contributed by atoms with Crippen LogP contribution in [0.1, 0.15) is 6.42 Å². The molecule has 0 bridgehead atoms. The molecule has 1 aromatic carbocycles. The summed E-state index contributed by atoms with van der Waals surface area (Å²) in [6.45, 7) is 0.760. The molecule has 0 N–H and O–H groups in total. The van der Waals surface area contributed by atoms with Crippen molar-refractivity contribution in [3.63, 3.8) is 0 Å². The summed E-state index contributed by atoms with van der Waals surface area (Å²) in [5.41, 5.74) is 0.887. The van der Waals surface area contributed by atoms with E-state index in [0.29, 0.717) is 12.3 Å². The van der Waals surface area contributed by atoms with Gasteiger partial charge in [-0.1, -0.05) is 22.0 Å². The Morgan fingerprint density at radius 2 is 2.29 bits per heavy atom. The van der Waals surface area contributed by atoms with Crippen molar-refractivity contribution < 1.29 is 9.53 Å². The summed E-state index contributed by atoms with van der Waals surface area (Å²) < 4.78 is 6.08. The molecule has 2 rings (SSSR count). The maximum atomic E-state index is 11.9. The molecule has 0 saturated carbocycles. The SMILES string of the molecule is COc1cccc(N2CC(CBr)CC2=O)c1Br. The summed E-state index contributed by atoms with van der Waals surface area (Å²) in [5, 5.41) is 0.858. The van der Waals surface area contributed by atoms with Gasteiger partial charge < -0.3 is 9.64 Å². The molecule has 1 saturated heterocycles. The van der Waals surface area contributed by atoms with Gasteiger partial charge in [0.2, 0.25) is 5.91 Å². The summed E-state index contributed by atoms with van der Waals surface area (Å²) in [4.78, 5) is 13.8. The predicted octanol–water partition coefficient (Wildman–Crippen LogP) is 3.21. The molecule has 1 aliphatic rings. The third kappa shape index (κ3) is 2.50. The zero-order valence-corrected chi connectivity index (χ0v) is 12.6. The number of alkyl halides is 1. The molecule has 3 nitrogen and oxygen atoms in total. The van der Waals surface area contributed by atoms with Gasteiger partial charge in [-0.05, 0) is 34.0 Å². The largest absolute Gasteiger partial charge is 0.495 e. The average Bonchev–Trinajstić information content (AvgIpc) is 2.71. The Bertz CT molecular complexity index is 437. The van der Waals surface area contributed by atoms with Crippen molar-refractivity contribution in [3.05, 3.63) is 22.7 Å². The summed E-state index contributed by atoms with van der Waals surface area (Å²) in [5.74, 6) is 1.31. The molecular formula is C12H13Br2NO2. The van der Waals surface area contributed by atoms with Crippen LogP contribution in [0.3, 0.4) is 0 Å². The molecule has 5 heteroatoms. The highest BCUT2D eigenvalue weighted by atomic mass is 79.9. The molecule has 0 spiro atoms. The highest BCUT2D eigenvalue weighted by Gasteiger charge is 2.31. The minimum Gasteiger partial charge on any atom is -0.495 e. The van der Waals surface area contributed by atoms with Gasteiger partial charge in [-0.15, -0.1) is 0 Å². The lowest BCUT2D eigenvalue weighted by atomic mass is 10.2. The Kier molecular flexibility index (Phi) is 4.09.